The topological polar surface area (TPSA) is 79.8 Å². The molecule has 0 fully saturated rings. The van der Waals surface area contributed by atoms with Crippen molar-refractivity contribution in [3.05, 3.63) is 0 Å². The SMILES string of the molecule is CCOC(CCNC(=NC)NCCCS(C)(=O)=O)C(C)C.I. The van der Waals surface area contributed by atoms with Crippen LogP contribution in [-0.4, -0.2) is 59.2 Å². The number of rotatable bonds is 10. The predicted molar refractivity (Wildman–Crippen MR) is 104 cm³/mol. The standard InChI is InChI=1S/C14H31N3O3S.HI/c1-6-20-13(12(2)3)8-10-17-14(15-4)16-9-7-11-21(5,18)19;/h12-13H,6-11H2,1-5H3,(H2,15,16,17);1H. The van der Waals surface area contributed by atoms with E-state index in [0.29, 0.717) is 24.8 Å². The summed E-state index contributed by atoms with van der Waals surface area (Å²) in [6.07, 6.45) is 2.98. The lowest BCUT2D eigenvalue weighted by Gasteiger charge is -2.21. The van der Waals surface area contributed by atoms with Gasteiger partial charge in [0.2, 0.25) is 0 Å². The van der Waals surface area contributed by atoms with Gasteiger partial charge in [-0.2, -0.15) is 0 Å². The Bertz CT molecular complexity index is 400. The highest BCUT2D eigenvalue weighted by Crippen LogP contribution is 2.09. The Morgan fingerprint density at radius 3 is 2.27 bits per heavy atom. The number of nitrogens with one attached hydrogen (secondary N) is 2. The van der Waals surface area contributed by atoms with Crippen molar-refractivity contribution in [3.63, 3.8) is 0 Å². The highest BCUT2D eigenvalue weighted by Gasteiger charge is 2.12. The fraction of sp³-hybridized carbons (Fsp3) is 0.929. The van der Waals surface area contributed by atoms with Crippen molar-refractivity contribution < 1.29 is 13.2 Å². The fourth-order valence-corrected chi connectivity index (χ4v) is 2.59. The van der Waals surface area contributed by atoms with Crippen LogP contribution in [0.1, 0.15) is 33.6 Å². The van der Waals surface area contributed by atoms with Gasteiger partial charge in [-0.3, -0.25) is 4.99 Å². The Balaban J connectivity index is 0. The van der Waals surface area contributed by atoms with Gasteiger partial charge in [-0.15, -0.1) is 24.0 Å². The second-order valence-corrected chi connectivity index (χ2v) is 7.70. The minimum atomic E-state index is -2.89. The summed E-state index contributed by atoms with van der Waals surface area (Å²) in [5, 5.41) is 6.33. The molecule has 0 aromatic rings. The van der Waals surface area contributed by atoms with Crippen LogP contribution in [0.5, 0.6) is 0 Å². The smallest absolute Gasteiger partial charge is 0.190 e. The molecule has 0 bridgehead atoms. The van der Waals surface area contributed by atoms with Crippen molar-refractivity contribution in [1.29, 1.82) is 0 Å². The van der Waals surface area contributed by atoms with Crippen molar-refractivity contribution in [3.8, 4) is 0 Å². The number of ether oxygens (including phenoxy) is 1. The Hall–Kier alpha value is -0.0900. The minimum absolute atomic E-state index is 0. The molecule has 8 heteroatoms. The molecule has 0 rings (SSSR count). The minimum Gasteiger partial charge on any atom is -0.378 e. The zero-order chi connectivity index (χ0) is 16.3. The summed E-state index contributed by atoms with van der Waals surface area (Å²) in [4.78, 5) is 4.11. The molecule has 0 aromatic heterocycles. The highest BCUT2D eigenvalue weighted by molar-refractivity contribution is 14.0. The zero-order valence-electron chi connectivity index (χ0n) is 14.4. The third-order valence-corrected chi connectivity index (χ3v) is 4.08. The van der Waals surface area contributed by atoms with Gasteiger partial charge in [-0.05, 0) is 25.7 Å². The van der Waals surface area contributed by atoms with Gasteiger partial charge in [0, 0.05) is 33.0 Å². The van der Waals surface area contributed by atoms with Gasteiger partial charge in [-0.25, -0.2) is 8.42 Å². The van der Waals surface area contributed by atoms with E-state index in [1.807, 2.05) is 6.92 Å². The number of hydrogen-bond acceptors (Lipinski definition) is 4. The monoisotopic (exact) mass is 449 g/mol. The first-order chi connectivity index (χ1) is 9.80. The van der Waals surface area contributed by atoms with Gasteiger partial charge in [0.05, 0.1) is 11.9 Å². The fourth-order valence-electron chi connectivity index (χ4n) is 1.92. The Morgan fingerprint density at radius 2 is 1.82 bits per heavy atom. The Morgan fingerprint density at radius 1 is 1.23 bits per heavy atom. The molecule has 0 saturated carbocycles. The van der Waals surface area contributed by atoms with Crippen molar-refractivity contribution in [2.45, 2.75) is 39.7 Å². The number of sulfone groups is 1. The van der Waals surface area contributed by atoms with Crippen LogP contribution in [0.15, 0.2) is 4.99 Å². The lowest BCUT2D eigenvalue weighted by molar-refractivity contribution is 0.0258. The van der Waals surface area contributed by atoms with Crippen LogP contribution in [-0.2, 0) is 14.6 Å². The Kier molecular flexibility index (Phi) is 14.7. The largest absolute Gasteiger partial charge is 0.378 e. The molecule has 0 spiro atoms. The average molecular weight is 449 g/mol. The van der Waals surface area contributed by atoms with Crippen molar-refractivity contribution >= 4 is 39.8 Å². The molecule has 1 atom stereocenters. The second kappa shape index (κ2) is 13.4. The van der Waals surface area contributed by atoms with E-state index >= 15 is 0 Å². The van der Waals surface area contributed by atoms with Crippen LogP contribution < -0.4 is 10.6 Å². The summed E-state index contributed by atoms with van der Waals surface area (Å²) >= 11 is 0. The Labute approximate surface area is 152 Å². The summed E-state index contributed by atoms with van der Waals surface area (Å²) in [5.74, 6) is 1.37. The van der Waals surface area contributed by atoms with Crippen molar-refractivity contribution in [2.75, 3.05) is 38.8 Å². The van der Waals surface area contributed by atoms with Gasteiger partial charge in [0.1, 0.15) is 9.84 Å². The maximum atomic E-state index is 11.0. The molecule has 0 aliphatic heterocycles. The lowest BCUT2D eigenvalue weighted by Crippen LogP contribution is -2.40. The number of nitrogens with zero attached hydrogens (tertiary/aromatic N) is 1. The third-order valence-electron chi connectivity index (χ3n) is 3.05. The number of hydrogen-bond donors (Lipinski definition) is 2. The molecule has 6 nitrogen and oxygen atoms in total. The first-order valence-corrected chi connectivity index (χ1v) is 9.60. The molecule has 22 heavy (non-hydrogen) atoms. The average Bonchev–Trinajstić information content (AvgIpc) is 2.38. The van der Waals surface area contributed by atoms with Crippen LogP contribution in [0.2, 0.25) is 0 Å². The van der Waals surface area contributed by atoms with Crippen LogP contribution in [0.3, 0.4) is 0 Å². The third kappa shape index (κ3) is 13.6. The highest BCUT2D eigenvalue weighted by atomic mass is 127. The van der Waals surface area contributed by atoms with E-state index in [1.165, 1.54) is 6.26 Å². The van der Waals surface area contributed by atoms with E-state index < -0.39 is 9.84 Å². The molecule has 134 valence electrons. The molecule has 0 aliphatic carbocycles. The summed E-state index contributed by atoms with van der Waals surface area (Å²) in [7, 11) is -1.19. The molecule has 1 unspecified atom stereocenters. The van der Waals surface area contributed by atoms with Gasteiger partial charge in [0.25, 0.3) is 0 Å². The normalized spacial score (nSPS) is 13.6. The van der Waals surface area contributed by atoms with E-state index in [9.17, 15) is 8.42 Å². The molecular formula is C14H32IN3O3S. The van der Waals surface area contributed by atoms with E-state index in [4.69, 9.17) is 4.74 Å². The van der Waals surface area contributed by atoms with Crippen molar-refractivity contribution in [1.82, 2.24) is 10.6 Å². The van der Waals surface area contributed by atoms with Gasteiger partial charge in [0.15, 0.2) is 5.96 Å². The predicted octanol–water partition coefficient (Wildman–Crippen LogP) is 1.66. The van der Waals surface area contributed by atoms with Crippen LogP contribution in [0, 0.1) is 5.92 Å². The van der Waals surface area contributed by atoms with E-state index in [0.717, 1.165) is 19.6 Å². The zero-order valence-corrected chi connectivity index (χ0v) is 17.5. The number of aliphatic imine (C=N–C) groups is 1. The molecule has 0 heterocycles. The van der Waals surface area contributed by atoms with Gasteiger partial charge < -0.3 is 15.4 Å². The molecule has 2 N–H and O–H groups in total. The van der Waals surface area contributed by atoms with Gasteiger partial charge >= 0.3 is 0 Å². The lowest BCUT2D eigenvalue weighted by atomic mass is 10.0. The van der Waals surface area contributed by atoms with Crippen molar-refractivity contribution in [2.24, 2.45) is 10.9 Å². The maximum Gasteiger partial charge on any atom is 0.190 e. The van der Waals surface area contributed by atoms with Crippen LogP contribution in [0.25, 0.3) is 0 Å². The van der Waals surface area contributed by atoms with E-state index in [1.54, 1.807) is 7.05 Å². The molecule has 0 amide bonds. The summed E-state index contributed by atoms with van der Waals surface area (Å²) in [6.45, 7) is 8.39. The molecule has 0 aliphatic rings. The maximum absolute atomic E-state index is 11.0. The molecule has 0 radical (unpaired) electrons. The molecule has 0 aromatic carbocycles. The number of guanidine groups is 1. The molecular weight excluding hydrogens is 417 g/mol. The van der Waals surface area contributed by atoms with E-state index in [2.05, 4.69) is 29.5 Å². The van der Waals surface area contributed by atoms with Crippen LogP contribution in [0.4, 0.5) is 0 Å². The summed E-state index contributed by atoms with van der Waals surface area (Å²) < 4.78 is 27.7. The van der Waals surface area contributed by atoms with Gasteiger partial charge in [-0.1, -0.05) is 13.8 Å². The van der Waals surface area contributed by atoms with E-state index in [-0.39, 0.29) is 35.8 Å². The van der Waals surface area contributed by atoms with Crippen LogP contribution >= 0.6 is 24.0 Å². The number of halogens is 1. The first-order valence-electron chi connectivity index (χ1n) is 7.54. The first kappa shape index (κ1) is 24.2. The quantitative estimate of drug-likeness (QED) is 0.230. The second-order valence-electron chi connectivity index (χ2n) is 5.44. The molecule has 0 saturated heterocycles. The summed E-state index contributed by atoms with van der Waals surface area (Å²) in [5.41, 5.74) is 0. The summed E-state index contributed by atoms with van der Waals surface area (Å²) in [6, 6.07) is 0.